The number of halogens is 1. The molecule has 0 aliphatic heterocycles. The fourth-order valence-electron chi connectivity index (χ4n) is 1.35. The second kappa shape index (κ2) is 7.01. The van der Waals surface area contributed by atoms with Gasteiger partial charge < -0.3 is 4.74 Å². The minimum absolute atomic E-state index is 0.323. The number of hydrogen-bond donors (Lipinski definition) is 0. The van der Waals surface area contributed by atoms with E-state index in [4.69, 9.17) is 4.74 Å². The lowest BCUT2D eigenvalue weighted by Crippen LogP contribution is -1.99. The molecule has 0 amide bonds. The van der Waals surface area contributed by atoms with E-state index in [2.05, 4.69) is 15.9 Å². The molecule has 1 aromatic rings. The molecule has 0 aromatic heterocycles. The van der Waals surface area contributed by atoms with E-state index in [-0.39, 0.29) is 0 Å². The molecule has 0 unspecified atom stereocenters. The second-order valence-electron chi connectivity index (χ2n) is 3.84. The van der Waals surface area contributed by atoms with Crippen molar-refractivity contribution in [3.63, 3.8) is 0 Å². The SMILES string of the molecule is CS(=O)(=O)c1ccc(OCCCCCBr)cc1. The third kappa shape index (κ3) is 5.55. The zero-order chi connectivity index (χ0) is 12.7. The topological polar surface area (TPSA) is 43.4 Å². The molecule has 0 fully saturated rings. The molecule has 1 rings (SSSR count). The molecular formula is C12H17BrO3S. The molecule has 0 heterocycles. The van der Waals surface area contributed by atoms with Crippen LogP contribution in [0.1, 0.15) is 19.3 Å². The average Bonchev–Trinajstić information content (AvgIpc) is 2.28. The van der Waals surface area contributed by atoms with Crippen LogP contribution in [0.25, 0.3) is 0 Å². The quantitative estimate of drug-likeness (QED) is 0.573. The molecule has 3 nitrogen and oxygen atoms in total. The van der Waals surface area contributed by atoms with E-state index >= 15 is 0 Å². The van der Waals surface area contributed by atoms with Gasteiger partial charge in [0.2, 0.25) is 0 Å². The van der Waals surface area contributed by atoms with Crippen LogP contribution in [-0.2, 0) is 9.84 Å². The van der Waals surface area contributed by atoms with Crippen LogP contribution in [0.4, 0.5) is 0 Å². The number of ether oxygens (including phenoxy) is 1. The first-order valence-electron chi connectivity index (χ1n) is 5.53. The van der Waals surface area contributed by atoms with Crippen LogP contribution >= 0.6 is 15.9 Å². The van der Waals surface area contributed by atoms with Crippen molar-refractivity contribution in [2.24, 2.45) is 0 Å². The van der Waals surface area contributed by atoms with Crippen LogP contribution in [0, 0.1) is 0 Å². The Bertz CT molecular complexity index is 426. The molecule has 0 N–H and O–H groups in total. The molecular weight excluding hydrogens is 304 g/mol. The smallest absolute Gasteiger partial charge is 0.175 e. The number of alkyl halides is 1. The average molecular weight is 321 g/mol. The highest BCUT2D eigenvalue weighted by Crippen LogP contribution is 2.16. The van der Waals surface area contributed by atoms with Gasteiger partial charge >= 0.3 is 0 Å². The van der Waals surface area contributed by atoms with Gasteiger partial charge in [-0.05, 0) is 43.5 Å². The molecule has 0 aliphatic carbocycles. The molecule has 0 spiro atoms. The van der Waals surface area contributed by atoms with E-state index in [0.717, 1.165) is 30.3 Å². The number of rotatable bonds is 7. The van der Waals surface area contributed by atoms with Crippen molar-refractivity contribution in [1.82, 2.24) is 0 Å². The van der Waals surface area contributed by atoms with E-state index in [1.807, 2.05) is 0 Å². The molecule has 17 heavy (non-hydrogen) atoms. The van der Waals surface area contributed by atoms with Crippen LogP contribution in [-0.4, -0.2) is 26.6 Å². The summed E-state index contributed by atoms with van der Waals surface area (Å²) in [6.07, 6.45) is 4.49. The Hall–Kier alpha value is -0.550. The minimum Gasteiger partial charge on any atom is -0.494 e. The molecule has 0 saturated carbocycles. The maximum atomic E-state index is 11.2. The van der Waals surface area contributed by atoms with Crippen molar-refractivity contribution in [3.8, 4) is 5.75 Å². The fraction of sp³-hybridized carbons (Fsp3) is 0.500. The van der Waals surface area contributed by atoms with Crippen LogP contribution in [0.3, 0.4) is 0 Å². The highest BCUT2D eigenvalue weighted by molar-refractivity contribution is 9.09. The summed E-state index contributed by atoms with van der Waals surface area (Å²) in [7, 11) is -3.11. The highest BCUT2D eigenvalue weighted by atomic mass is 79.9. The van der Waals surface area contributed by atoms with Crippen LogP contribution in [0.2, 0.25) is 0 Å². The summed E-state index contributed by atoms with van der Waals surface area (Å²) in [5.74, 6) is 0.719. The number of hydrogen-bond acceptors (Lipinski definition) is 3. The number of sulfone groups is 1. The summed E-state index contributed by atoms with van der Waals surface area (Å²) < 4.78 is 28.0. The standard InChI is InChI=1S/C12H17BrO3S/c1-17(14,15)12-7-5-11(6-8-12)16-10-4-2-3-9-13/h5-8H,2-4,9-10H2,1H3. The Labute approximate surface area is 111 Å². The first kappa shape index (κ1) is 14.5. The van der Waals surface area contributed by atoms with Gasteiger partial charge in [-0.2, -0.15) is 0 Å². The number of benzene rings is 1. The van der Waals surface area contributed by atoms with E-state index in [0.29, 0.717) is 11.5 Å². The maximum absolute atomic E-state index is 11.2. The van der Waals surface area contributed by atoms with Crippen molar-refractivity contribution in [2.75, 3.05) is 18.2 Å². The van der Waals surface area contributed by atoms with E-state index in [1.54, 1.807) is 24.3 Å². The zero-order valence-corrected chi connectivity index (χ0v) is 12.3. The van der Waals surface area contributed by atoms with Gasteiger partial charge in [-0.1, -0.05) is 15.9 Å². The molecule has 1 aromatic carbocycles. The largest absolute Gasteiger partial charge is 0.494 e. The molecule has 96 valence electrons. The Balaban J connectivity index is 2.41. The fourth-order valence-corrected chi connectivity index (χ4v) is 2.37. The summed E-state index contributed by atoms with van der Waals surface area (Å²) in [5, 5.41) is 1.02. The van der Waals surface area contributed by atoms with Gasteiger partial charge in [0.05, 0.1) is 11.5 Å². The maximum Gasteiger partial charge on any atom is 0.175 e. The summed E-state index contributed by atoms with van der Waals surface area (Å²) in [6.45, 7) is 0.672. The van der Waals surface area contributed by atoms with Crippen molar-refractivity contribution in [1.29, 1.82) is 0 Å². The Morgan fingerprint density at radius 1 is 1.12 bits per heavy atom. The molecule has 0 radical (unpaired) electrons. The first-order chi connectivity index (χ1) is 8.04. The van der Waals surface area contributed by atoms with E-state index in [1.165, 1.54) is 6.26 Å². The van der Waals surface area contributed by atoms with Gasteiger partial charge in [0, 0.05) is 11.6 Å². The lowest BCUT2D eigenvalue weighted by Gasteiger charge is -2.06. The lowest BCUT2D eigenvalue weighted by molar-refractivity contribution is 0.306. The van der Waals surface area contributed by atoms with Crippen LogP contribution in [0.15, 0.2) is 29.2 Å². The van der Waals surface area contributed by atoms with Gasteiger partial charge in [-0.25, -0.2) is 8.42 Å². The summed E-state index contributed by atoms with van der Waals surface area (Å²) >= 11 is 3.38. The monoisotopic (exact) mass is 320 g/mol. The molecule has 0 saturated heterocycles. The number of unbranched alkanes of at least 4 members (excludes halogenated alkanes) is 2. The predicted molar refractivity (Wildman–Crippen MR) is 72.7 cm³/mol. The van der Waals surface area contributed by atoms with E-state index in [9.17, 15) is 8.42 Å². The molecule has 0 aliphatic rings. The van der Waals surface area contributed by atoms with Crippen LogP contribution < -0.4 is 4.74 Å². The van der Waals surface area contributed by atoms with Gasteiger partial charge in [0.25, 0.3) is 0 Å². The Morgan fingerprint density at radius 2 is 1.76 bits per heavy atom. The van der Waals surface area contributed by atoms with Crippen molar-refractivity contribution < 1.29 is 13.2 Å². The van der Waals surface area contributed by atoms with Crippen LogP contribution in [0.5, 0.6) is 5.75 Å². The van der Waals surface area contributed by atoms with Gasteiger partial charge in [0.15, 0.2) is 9.84 Å². The lowest BCUT2D eigenvalue weighted by atomic mass is 10.3. The van der Waals surface area contributed by atoms with Gasteiger partial charge in [0.1, 0.15) is 5.75 Å². The first-order valence-corrected chi connectivity index (χ1v) is 8.54. The van der Waals surface area contributed by atoms with E-state index < -0.39 is 9.84 Å². The summed E-state index contributed by atoms with van der Waals surface area (Å²) in [4.78, 5) is 0.323. The zero-order valence-electron chi connectivity index (χ0n) is 9.86. The Kier molecular flexibility index (Phi) is 5.98. The third-order valence-electron chi connectivity index (χ3n) is 2.30. The van der Waals surface area contributed by atoms with Gasteiger partial charge in [-0.15, -0.1) is 0 Å². The molecule has 0 atom stereocenters. The molecule has 0 bridgehead atoms. The Morgan fingerprint density at radius 3 is 2.29 bits per heavy atom. The van der Waals surface area contributed by atoms with Crippen molar-refractivity contribution in [2.45, 2.75) is 24.2 Å². The molecule has 5 heteroatoms. The highest BCUT2D eigenvalue weighted by Gasteiger charge is 2.06. The normalized spacial score (nSPS) is 11.4. The summed E-state index contributed by atoms with van der Waals surface area (Å²) in [5.41, 5.74) is 0. The minimum atomic E-state index is -3.11. The predicted octanol–water partition coefficient (Wildman–Crippen LogP) is 3.03. The second-order valence-corrected chi connectivity index (χ2v) is 6.65. The van der Waals surface area contributed by atoms with Crippen molar-refractivity contribution >= 4 is 25.8 Å². The summed E-state index contributed by atoms with van der Waals surface area (Å²) in [6, 6.07) is 6.54. The van der Waals surface area contributed by atoms with Gasteiger partial charge in [-0.3, -0.25) is 0 Å². The third-order valence-corrected chi connectivity index (χ3v) is 3.99. The van der Waals surface area contributed by atoms with Crippen molar-refractivity contribution in [3.05, 3.63) is 24.3 Å².